The van der Waals surface area contributed by atoms with Crippen molar-refractivity contribution in [1.29, 1.82) is 0 Å². The number of piperazine rings is 1. The van der Waals surface area contributed by atoms with Crippen LogP contribution in [0.25, 0.3) is 0 Å². The Morgan fingerprint density at radius 1 is 1.43 bits per heavy atom. The lowest BCUT2D eigenvalue weighted by Gasteiger charge is -2.40. The number of aliphatic hydroxyl groups is 1. The number of methoxy groups -OCH3 is 1. The maximum atomic E-state index is 13.4. The zero-order valence-electron chi connectivity index (χ0n) is 13.1. The molecule has 2 atom stereocenters. The first-order chi connectivity index (χ1) is 9.99. The van der Waals surface area contributed by atoms with Crippen molar-refractivity contribution in [2.75, 3.05) is 33.3 Å². The highest BCUT2D eigenvalue weighted by atomic mass is 19.1. The van der Waals surface area contributed by atoms with Crippen molar-refractivity contribution in [2.45, 2.75) is 32.5 Å². The summed E-state index contributed by atoms with van der Waals surface area (Å²) in [7, 11) is 1.61. The van der Waals surface area contributed by atoms with Crippen molar-refractivity contribution in [3.63, 3.8) is 0 Å². The van der Waals surface area contributed by atoms with Gasteiger partial charge in [0.25, 0.3) is 0 Å². The van der Waals surface area contributed by atoms with Gasteiger partial charge < -0.3 is 9.84 Å². The molecule has 118 valence electrons. The summed E-state index contributed by atoms with van der Waals surface area (Å²) in [5.74, 6) is 0.502. The van der Waals surface area contributed by atoms with Crippen LogP contribution in [0.1, 0.15) is 19.4 Å². The van der Waals surface area contributed by atoms with E-state index >= 15 is 0 Å². The lowest BCUT2D eigenvalue weighted by Crippen LogP contribution is -2.53. The predicted molar refractivity (Wildman–Crippen MR) is 80.9 cm³/mol. The highest BCUT2D eigenvalue weighted by molar-refractivity contribution is 5.33. The van der Waals surface area contributed by atoms with Gasteiger partial charge in [0, 0.05) is 44.3 Å². The molecule has 0 amide bonds. The van der Waals surface area contributed by atoms with E-state index < -0.39 is 0 Å². The summed E-state index contributed by atoms with van der Waals surface area (Å²) in [6.07, 6.45) is -0.303. The number of halogens is 1. The zero-order valence-corrected chi connectivity index (χ0v) is 13.1. The smallest absolute Gasteiger partial charge is 0.123 e. The average molecular weight is 296 g/mol. The Hall–Kier alpha value is -1.17. The van der Waals surface area contributed by atoms with Crippen molar-refractivity contribution >= 4 is 0 Å². The molecule has 5 heteroatoms. The second-order valence-corrected chi connectivity index (χ2v) is 5.88. The Morgan fingerprint density at radius 2 is 2.19 bits per heavy atom. The van der Waals surface area contributed by atoms with E-state index in [4.69, 9.17) is 4.74 Å². The van der Waals surface area contributed by atoms with Crippen LogP contribution in [0.3, 0.4) is 0 Å². The first-order valence-electron chi connectivity index (χ1n) is 7.46. The number of nitrogens with zero attached hydrogens (tertiary/aromatic N) is 2. The second-order valence-electron chi connectivity index (χ2n) is 5.88. The normalized spacial score (nSPS) is 22.2. The molecule has 2 rings (SSSR count). The molecule has 21 heavy (non-hydrogen) atoms. The lowest BCUT2D eigenvalue weighted by atomic mass is 10.1. The number of hydrogen-bond acceptors (Lipinski definition) is 4. The minimum absolute atomic E-state index is 0.230. The summed E-state index contributed by atoms with van der Waals surface area (Å²) in [6.45, 7) is 8.12. The molecule has 1 aliphatic heterocycles. The molecule has 1 saturated heterocycles. The summed E-state index contributed by atoms with van der Waals surface area (Å²) in [6, 6.07) is 5.03. The number of hydrogen-bond donors (Lipinski definition) is 1. The number of β-amino-alcohol motifs (C(OH)–C–C–N with tert-alkyl or cyclic N) is 1. The van der Waals surface area contributed by atoms with Crippen molar-refractivity contribution in [3.05, 3.63) is 29.6 Å². The summed E-state index contributed by atoms with van der Waals surface area (Å²) in [5, 5.41) is 9.51. The van der Waals surface area contributed by atoms with E-state index in [9.17, 15) is 9.50 Å². The topological polar surface area (TPSA) is 35.9 Å². The third-order valence-corrected chi connectivity index (χ3v) is 3.98. The molecule has 4 nitrogen and oxygen atoms in total. The fourth-order valence-corrected chi connectivity index (χ4v) is 2.94. The van der Waals surface area contributed by atoms with Crippen molar-refractivity contribution in [3.8, 4) is 5.75 Å². The van der Waals surface area contributed by atoms with Crippen molar-refractivity contribution in [1.82, 2.24) is 9.80 Å². The second kappa shape index (κ2) is 7.20. The number of benzene rings is 1. The van der Waals surface area contributed by atoms with Gasteiger partial charge in [-0.1, -0.05) is 0 Å². The van der Waals surface area contributed by atoms with Crippen LogP contribution in [0.15, 0.2) is 18.2 Å². The van der Waals surface area contributed by atoms with Gasteiger partial charge in [0.2, 0.25) is 0 Å². The molecule has 0 bridgehead atoms. The van der Waals surface area contributed by atoms with Crippen molar-refractivity contribution in [2.24, 2.45) is 0 Å². The standard InChI is InChI=1S/C16H25FN2O2/c1-12-9-18(6-7-19(12)10-13(2)20)11-14-8-15(17)4-5-16(14)21-3/h4-5,8,12-13,20H,6-7,9-11H2,1-3H3/t12-,13+/m1/s1. The van der Waals surface area contributed by atoms with Gasteiger partial charge in [0.05, 0.1) is 13.2 Å². The van der Waals surface area contributed by atoms with Crippen LogP contribution in [-0.2, 0) is 6.54 Å². The van der Waals surface area contributed by atoms with Crippen LogP contribution in [0.4, 0.5) is 4.39 Å². The minimum atomic E-state index is -0.303. The van der Waals surface area contributed by atoms with E-state index in [0.717, 1.165) is 30.9 Å². The SMILES string of the molecule is COc1ccc(F)cc1CN1CCN(C[C@H](C)O)[C@H](C)C1. The van der Waals surface area contributed by atoms with Crippen LogP contribution in [-0.4, -0.2) is 60.3 Å². The van der Waals surface area contributed by atoms with Gasteiger partial charge in [0.1, 0.15) is 11.6 Å². The van der Waals surface area contributed by atoms with Crippen LogP contribution in [0.2, 0.25) is 0 Å². The highest BCUT2D eigenvalue weighted by Gasteiger charge is 2.25. The van der Waals surface area contributed by atoms with E-state index in [2.05, 4.69) is 16.7 Å². The van der Waals surface area contributed by atoms with Crippen LogP contribution in [0, 0.1) is 5.82 Å². The molecular formula is C16H25FN2O2. The maximum absolute atomic E-state index is 13.4. The summed E-state index contributed by atoms with van der Waals surface area (Å²) >= 11 is 0. The minimum Gasteiger partial charge on any atom is -0.496 e. The molecule has 1 fully saturated rings. The Morgan fingerprint density at radius 3 is 2.81 bits per heavy atom. The van der Waals surface area contributed by atoms with Crippen LogP contribution in [0.5, 0.6) is 5.75 Å². The molecule has 0 aliphatic carbocycles. The number of rotatable bonds is 5. The quantitative estimate of drug-likeness (QED) is 0.897. The molecule has 1 aliphatic rings. The van der Waals surface area contributed by atoms with E-state index in [1.165, 1.54) is 6.07 Å². The van der Waals surface area contributed by atoms with Gasteiger partial charge in [-0.2, -0.15) is 0 Å². The molecule has 0 radical (unpaired) electrons. The van der Waals surface area contributed by atoms with Gasteiger partial charge in [-0.15, -0.1) is 0 Å². The molecule has 0 spiro atoms. The number of aliphatic hydroxyl groups excluding tert-OH is 1. The highest BCUT2D eigenvalue weighted by Crippen LogP contribution is 2.22. The molecule has 1 aromatic rings. The van der Waals surface area contributed by atoms with Crippen molar-refractivity contribution < 1.29 is 14.2 Å². The van der Waals surface area contributed by atoms with Gasteiger partial charge >= 0.3 is 0 Å². The molecule has 0 unspecified atom stereocenters. The molecule has 1 aromatic carbocycles. The van der Waals surface area contributed by atoms with Gasteiger partial charge in [-0.25, -0.2) is 4.39 Å². The summed E-state index contributed by atoms with van der Waals surface area (Å²) < 4.78 is 18.7. The monoisotopic (exact) mass is 296 g/mol. The molecule has 0 saturated carbocycles. The largest absolute Gasteiger partial charge is 0.496 e. The number of ether oxygens (including phenoxy) is 1. The Balaban J connectivity index is 1.98. The summed E-state index contributed by atoms with van der Waals surface area (Å²) in [5.41, 5.74) is 0.883. The fourth-order valence-electron chi connectivity index (χ4n) is 2.94. The first-order valence-corrected chi connectivity index (χ1v) is 7.46. The van der Waals surface area contributed by atoms with E-state index in [-0.39, 0.29) is 11.9 Å². The third-order valence-electron chi connectivity index (χ3n) is 3.98. The van der Waals surface area contributed by atoms with Crippen LogP contribution >= 0.6 is 0 Å². The predicted octanol–water partition coefficient (Wildman–Crippen LogP) is 1.72. The van der Waals surface area contributed by atoms with Crippen LogP contribution < -0.4 is 4.74 Å². The lowest BCUT2D eigenvalue weighted by molar-refractivity contribution is 0.0420. The Labute approximate surface area is 126 Å². The molecule has 0 aromatic heterocycles. The average Bonchev–Trinajstić information content (AvgIpc) is 2.42. The Kier molecular flexibility index (Phi) is 5.56. The molecular weight excluding hydrogens is 271 g/mol. The Bertz CT molecular complexity index is 468. The van der Waals surface area contributed by atoms with E-state index in [0.29, 0.717) is 19.1 Å². The van der Waals surface area contributed by atoms with E-state index in [1.807, 2.05) is 6.92 Å². The molecule has 1 heterocycles. The maximum Gasteiger partial charge on any atom is 0.123 e. The van der Waals surface area contributed by atoms with Gasteiger partial charge in [-0.05, 0) is 32.0 Å². The first kappa shape index (κ1) is 16.2. The van der Waals surface area contributed by atoms with E-state index in [1.54, 1.807) is 19.2 Å². The summed E-state index contributed by atoms with van der Waals surface area (Å²) in [4.78, 5) is 4.60. The van der Waals surface area contributed by atoms with Gasteiger partial charge in [-0.3, -0.25) is 9.80 Å². The molecule has 1 N–H and O–H groups in total. The van der Waals surface area contributed by atoms with Gasteiger partial charge in [0.15, 0.2) is 0 Å². The zero-order chi connectivity index (χ0) is 15.4. The third kappa shape index (κ3) is 4.40. The fraction of sp³-hybridized carbons (Fsp3) is 0.625.